The lowest BCUT2D eigenvalue weighted by molar-refractivity contribution is 0.302. The van der Waals surface area contributed by atoms with Gasteiger partial charge in [0.15, 0.2) is 0 Å². The number of likely N-dealkylation sites (N-methyl/N-ethyl adjacent to an activating group) is 1. The molecule has 1 aromatic rings. The standard InChI is InChI=1S/C13H22N2/c1-11-5-7-13(8-6-11)10-14-9-12(2)15(3)4/h5-8,12,14H,9-10H2,1-4H3. The van der Waals surface area contributed by atoms with E-state index in [1.54, 1.807) is 0 Å². The molecule has 1 aromatic carbocycles. The molecule has 0 aliphatic carbocycles. The van der Waals surface area contributed by atoms with E-state index in [1.807, 2.05) is 0 Å². The van der Waals surface area contributed by atoms with Crippen molar-refractivity contribution in [2.24, 2.45) is 0 Å². The van der Waals surface area contributed by atoms with E-state index in [2.05, 4.69) is 62.4 Å². The molecule has 2 heteroatoms. The molecule has 1 atom stereocenters. The molecule has 0 fully saturated rings. The molecule has 2 nitrogen and oxygen atoms in total. The zero-order chi connectivity index (χ0) is 11.3. The van der Waals surface area contributed by atoms with Gasteiger partial charge in [-0.2, -0.15) is 0 Å². The first-order chi connectivity index (χ1) is 7.09. The summed E-state index contributed by atoms with van der Waals surface area (Å²) in [7, 11) is 4.22. The monoisotopic (exact) mass is 206 g/mol. The van der Waals surface area contributed by atoms with Crippen molar-refractivity contribution in [2.75, 3.05) is 20.6 Å². The maximum Gasteiger partial charge on any atom is 0.0206 e. The van der Waals surface area contributed by atoms with Gasteiger partial charge >= 0.3 is 0 Å². The molecule has 0 saturated carbocycles. The van der Waals surface area contributed by atoms with E-state index in [4.69, 9.17) is 0 Å². The maximum absolute atomic E-state index is 3.46. The van der Waals surface area contributed by atoms with E-state index >= 15 is 0 Å². The number of benzene rings is 1. The van der Waals surface area contributed by atoms with Crippen molar-refractivity contribution in [1.29, 1.82) is 0 Å². The summed E-state index contributed by atoms with van der Waals surface area (Å²) in [4.78, 5) is 2.22. The first kappa shape index (κ1) is 12.2. The predicted octanol–water partition coefficient (Wildman–Crippen LogP) is 2.03. The molecule has 1 rings (SSSR count). The van der Waals surface area contributed by atoms with Crippen molar-refractivity contribution in [3.8, 4) is 0 Å². The van der Waals surface area contributed by atoms with Gasteiger partial charge in [0.25, 0.3) is 0 Å². The van der Waals surface area contributed by atoms with Gasteiger partial charge in [-0.3, -0.25) is 0 Å². The van der Waals surface area contributed by atoms with Crippen molar-refractivity contribution < 1.29 is 0 Å². The lowest BCUT2D eigenvalue weighted by Crippen LogP contribution is -2.35. The topological polar surface area (TPSA) is 15.3 Å². The second-order valence-electron chi connectivity index (χ2n) is 4.43. The molecule has 1 N–H and O–H groups in total. The Morgan fingerprint density at radius 3 is 2.33 bits per heavy atom. The van der Waals surface area contributed by atoms with Crippen LogP contribution < -0.4 is 5.32 Å². The fourth-order valence-electron chi connectivity index (χ4n) is 1.31. The Hall–Kier alpha value is -0.860. The summed E-state index contributed by atoms with van der Waals surface area (Å²) in [5.41, 5.74) is 2.67. The van der Waals surface area contributed by atoms with Crippen molar-refractivity contribution in [1.82, 2.24) is 10.2 Å². The van der Waals surface area contributed by atoms with Crippen LogP contribution in [0.25, 0.3) is 0 Å². The van der Waals surface area contributed by atoms with Crippen LogP contribution in [0.4, 0.5) is 0 Å². The molecule has 0 aliphatic rings. The Morgan fingerprint density at radius 1 is 1.20 bits per heavy atom. The van der Waals surface area contributed by atoms with E-state index in [0.717, 1.165) is 13.1 Å². The van der Waals surface area contributed by atoms with Gasteiger partial charge in [0.1, 0.15) is 0 Å². The lowest BCUT2D eigenvalue weighted by atomic mass is 10.1. The quantitative estimate of drug-likeness (QED) is 0.793. The van der Waals surface area contributed by atoms with Gasteiger partial charge in [-0.15, -0.1) is 0 Å². The van der Waals surface area contributed by atoms with E-state index in [9.17, 15) is 0 Å². The van der Waals surface area contributed by atoms with Gasteiger partial charge in [-0.1, -0.05) is 29.8 Å². The molecular formula is C13H22N2. The minimum Gasteiger partial charge on any atom is -0.311 e. The minimum atomic E-state index is 0.579. The molecule has 0 spiro atoms. The van der Waals surface area contributed by atoms with Crippen LogP contribution in [-0.4, -0.2) is 31.6 Å². The second-order valence-corrected chi connectivity index (χ2v) is 4.43. The Balaban J connectivity index is 2.29. The largest absolute Gasteiger partial charge is 0.311 e. The van der Waals surface area contributed by atoms with Crippen molar-refractivity contribution in [2.45, 2.75) is 26.4 Å². The van der Waals surface area contributed by atoms with E-state index in [-0.39, 0.29) is 0 Å². The van der Waals surface area contributed by atoms with Gasteiger partial charge < -0.3 is 10.2 Å². The Labute approximate surface area is 93.3 Å². The highest BCUT2D eigenvalue weighted by Gasteiger charge is 2.02. The van der Waals surface area contributed by atoms with Crippen LogP contribution >= 0.6 is 0 Å². The third-order valence-corrected chi connectivity index (χ3v) is 2.77. The smallest absolute Gasteiger partial charge is 0.0206 e. The van der Waals surface area contributed by atoms with Gasteiger partial charge in [-0.05, 0) is 33.5 Å². The number of nitrogens with zero attached hydrogens (tertiary/aromatic N) is 1. The molecule has 0 aliphatic heterocycles. The second kappa shape index (κ2) is 5.89. The molecular weight excluding hydrogens is 184 g/mol. The lowest BCUT2D eigenvalue weighted by Gasteiger charge is -2.20. The minimum absolute atomic E-state index is 0.579. The normalized spacial score (nSPS) is 13.1. The maximum atomic E-state index is 3.46. The number of rotatable bonds is 5. The number of hydrogen-bond donors (Lipinski definition) is 1. The van der Waals surface area contributed by atoms with Crippen LogP contribution in [0.15, 0.2) is 24.3 Å². The summed E-state index contributed by atoms with van der Waals surface area (Å²) < 4.78 is 0. The summed E-state index contributed by atoms with van der Waals surface area (Å²) >= 11 is 0. The highest BCUT2D eigenvalue weighted by Crippen LogP contribution is 2.02. The molecule has 0 aromatic heterocycles. The van der Waals surface area contributed by atoms with E-state index in [0.29, 0.717) is 6.04 Å². The summed E-state index contributed by atoms with van der Waals surface area (Å²) in [6.07, 6.45) is 0. The highest BCUT2D eigenvalue weighted by atomic mass is 15.1. The Bertz CT molecular complexity index is 277. The summed E-state index contributed by atoms with van der Waals surface area (Å²) in [5, 5.41) is 3.46. The average molecular weight is 206 g/mol. The molecule has 15 heavy (non-hydrogen) atoms. The number of hydrogen-bond acceptors (Lipinski definition) is 2. The van der Waals surface area contributed by atoms with Crippen LogP contribution in [0.5, 0.6) is 0 Å². The molecule has 84 valence electrons. The first-order valence-electron chi connectivity index (χ1n) is 5.52. The van der Waals surface area contributed by atoms with Crippen molar-refractivity contribution >= 4 is 0 Å². The summed E-state index contributed by atoms with van der Waals surface area (Å²) in [6.45, 7) is 6.33. The molecule has 0 heterocycles. The van der Waals surface area contributed by atoms with Crippen LogP contribution in [0, 0.1) is 6.92 Å². The van der Waals surface area contributed by atoms with Gasteiger partial charge in [0, 0.05) is 19.1 Å². The SMILES string of the molecule is Cc1ccc(CNCC(C)N(C)C)cc1. The molecule has 0 bridgehead atoms. The Kier molecular flexibility index (Phi) is 4.79. The fraction of sp³-hybridized carbons (Fsp3) is 0.538. The molecule has 0 radical (unpaired) electrons. The van der Waals surface area contributed by atoms with Crippen molar-refractivity contribution in [3.05, 3.63) is 35.4 Å². The fourth-order valence-corrected chi connectivity index (χ4v) is 1.31. The zero-order valence-corrected chi connectivity index (χ0v) is 10.2. The first-order valence-corrected chi connectivity index (χ1v) is 5.52. The molecule has 0 saturated heterocycles. The van der Waals surface area contributed by atoms with Crippen LogP contribution in [0.3, 0.4) is 0 Å². The van der Waals surface area contributed by atoms with Crippen molar-refractivity contribution in [3.63, 3.8) is 0 Å². The van der Waals surface area contributed by atoms with Gasteiger partial charge in [-0.25, -0.2) is 0 Å². The van der Waals surface area contributed by atoms with Crippen LogP contribution in [0.2, 0.25) is 0 Å². The molecule has 0 amide bonds. The highest BCUT2D eigenvalue weighted by molar-refractivity contribution is 5.21. The van der Waals surface area contributed by atoms with E-state index in [1.165, 1.54) is 11.1 Å². The Morgan fingerprint density at radius 2 is 1.80 bits per heavy atom. The number of aryl methyl sites for hydroxylation is 1. The molecule has 1 unspecified atom stereocenters. The predicted molar refractivity (Wildman–Crippen MR) is 66.0 cm³/mol. The number of nitrogens with one attached hydrogen (secondary N) is 1. The van der Waals surface area contributed by atoms with Crippen LogP contribution in [0.1, 0.15) is 18.1 Å². The van der Waals surface area contributed by atoms with E-state index < -0.39 is 0 Å². The third-order valence-electron chi connectivity index (χ3n) is 2.77. The van der Waals surface area contributed by atoms with Gasteiger partial charge in [0.2, 0.25) is 0 Å². The van der Waals surface area contributed by atoms with Gasteiger partial charge in [0.05, 0.1) is 0 Å². The summed E-state index contributed by atoms with van der Waals surface area (Å²) in [6, 6.07) is 9.26. The zero-order valence-electron chi connectivity index (χ0n) is 10.2. The third kappa shape index (κ3) is 4.45. The average Bonchev–Trinajstić information content (AvgIpc) is 2.20. The van der Waals surface area contributed by atoms with Crippen LogP contribution in [-0.2, 0) is 6.54 Å². The summed E-state index contributed by atoms with van der Waals surface area (Å²) in [5.74, 6) is 0.